The fraction of sp³-hybridized carbons (Fsp3) is 0.200. The van der Waals surface area contributed by atoms with Gasteiger partial charge in [0.15, 0.2) is 11.5 Å². The number of nitrogens with one attached hydrogen (secondary N) is 1. The number of carbonyl (C=O) groups is 2. The summed E-state index contributed by atoms with van der Waals surface area (Å²) in [6.45, 7) is 0.188. The largest absolute Gasteiger partial charge is 0.507 e. The monoisotopic (exact) mass is 530 g/mol. The highest BCUT2D eigenvalue weighted by molar-refractivity contribution is 6.46. The molecule has 1 aliphatic heterocycles. The maximum Gasteiger partial charge on any atom is 0.295 e. The van der Waals surface area contributed by atoms with Gasteiger partial charge in [0.25, 0.3) is 11.7 Å². The van der Waals surface area contributed by atoms with E-state index in [4.69, 9.17) is 14.2 Å². The number of rotatable bonds is 8. The Bertz CT molecular complexity index is 1590. The predicted molar refractivity (Wildman–Crippen MR) is 144 cm³/mol. The zero-order valence-corrected chi connectivity index (χ0v) is 21.7. The van der Waals surface area contributed by atoms with Gasteiger partial charge in [-0.2, -0.15) is 0 Å². The second-order valence-corrected chi connectivity index (χ2v) is 9.09. The fourth-order valence-electron chi connectivity index (χ4n) is 4.98. The van der Waals surface area contributed by atoms with Crippen molar-refractivity contribution in [2.24, 2.45) is 0 Å². The molecular weight excluding hydrogens is 503 g/mol. The van der Waals surface area contributed by atoms with Crippen molar-refractivity contribution in [3.8, 4) is 17.2 Å². The first-order chi connectivity index (χ1) is 18.9. The van der Waals surface area contributed by atoms with Crippen LogP contribution in [0, 0.1) is 5.82 Å². The number of H-pyrrole nitrogens is 1. The van der Waals surface area contributed by atoms with E-state index in [0.717, 1.165) is 16.5 Å². The first-order valence-corrected chi connectivity index (χ1v) is 12.3. The molecule has 0 spiro atoms. The van der Waals surface area contributed by atoms with E-state index in [-0.39, 0.29) is 23.4 Å². The number of aliphatic hydroxyl groups is 1. The van der Waals surface area contributed by atoms with Crippen molar-refractivity contribution in [2.45, 2.75) is 12.5 Å². The molecule has 3 aromatic carbocycles. The van der Waals surface area contributed by atoms with Crippen molar-refractivity contribution in [1.82, 2.24) is 9.88 Å². The molecule has 39 heavy (non-hydrogen) atoms. The van der Waals surface area contributed by atoms with Crippen LogP contribution in [0.15, 0.2) is 72.4 Å². The van der Waals surface area contributed by atoms with Crippen LogP contribution >= 0.6 is 0 Å². The fourth-order valence-corrected chi connectivity index (χ4v) is 4.98. The maximum atomic E-state index is 13.6. The Kier molecular flexibility index (Phi) is 6.98. The van der Waals surface area contributed by atoms with Crippen molar-refractivity contribution in [3.05, 3.63) is 94.9 Å². The van der Waals surface area contributed by atoms with Crippen molar-refractivity contribution in [3.63, 3.8) is 0 Å². The molecule has 0 saturated carbocycles. The number of ether oxygens (including phenoxy) is 3. The molecule has 1 aliphatic rings. The number of hydrogen-bond donors (Lipinski definition) is 2. The molecule has 1 unspecified atom stereocenters. The standard InChI is InChI=1S/C30H27FN2O6/c1-37-21-9-10-23-22(15-21)19(16-32-23)12-13-33-27(18-6-11-24(38-2)25(14-18)39-3)26(29(35)30(33)36)28(34)17-4-7-20(31)8-5-17/h4-11,14-16,27,32,34H,12-13H2,1-3H3/b28-26-. The molecule has 1 saturated heterocycles. The molecule has 0 bridgehead atoms. The van der Waals surface area contributed by atoms with Crippen LogP contribution in [0.5, 0.6) is 17.2 Å². The molecule has 0 radical (unpaired) electrons. The minimum absolute atomic E-state index is 0.0839. The van der Waals surface area contributed by atoms with Gasteiger partial charge in [0.1, 0.15) is 17.3 Å². The third-order valence-electron chi connectivity index (χ3n) is 6.98. The Morgan fingerprint density at radius 1 is 0.949 bits per heavy atom. The summed E-state index contributed by atoms with van der Waals surface area (Å²) in [5, 5.41) is 12.2. The van der Waals surface area contributed by atoms with Gasteiger partial charge in [-0.05, 0) is 72.1 Å². The minimum Gasteiger partial charge on any atom is -0.507 e. The van der Waals surface area contributed by atoms with Gasteiger partial charge in [0, 0.05) is 29.2 Å². The lowest BCUT2D eigenvalue weighted by molar-refractivity contribution is -0.139. The average Bonchev–Trinajstić information content (AvgIpc) is 3.48. The van der Waals surface area contributed by atoms with Crippen LogP contribution in [0.25, 0.3) is 16.7 Å². The highest BCUT2D eigenvalue weighted by Crippen LogP contribution is 2.42. The Hall–Kier alpha value is -4.79. The van der Waals surface area contributed by atoms with Crippen LogP contribution in [-0.4, -0.2) is 54.6 Å². The van der Waals surface area contributed by atoms with Gasteiger partial charge >= 0.3 is 0 Å². The average molecular weight is 531 g/mol. The Morgan fingerprint density at radius 2 is 1.69 bits per heavy atom. The normalized spacial score (nSPS) is 16.6. The van der Waals surface area contributed by atoms with Gasteiger partial charge < -0.3 is 29.2 Å². The molecule has 9 heteroatoms. The minimum atomic E-state index is -0.908. The van der Waals surface area contributed by atoms with E-state index in [0.29, 0.717) is 29.2 Å². The predicted octanol–water partition coefficient (Wildman–Crippen LogP) is 5.00. The highest BCUT2D eigenvalue weighted by atomic mass is 19.1. The summed E-state index contributed by atoms with van der Waals surface area (Å²) in [6, 6.07) is 14.9. The smallest absolute Gasteiger partial charge is 0.295 e. The molecule has 1 atom stereocenters. The van der Waals surface area contributed by atoms with Gasteiger partial charge in [0.05, 0.1) is 32.9 Å². The number of ketones is 1. The van der Waals surface area contributed by atoms with E-state index in [1.807, 2.05) is 24.4 Å². The van der Waals surface area contributed by atoms with E-state index in [1.165, 1.54) is 43.4 Å². The number of carbonyl (C=O) groups excluding carboxylic acids is 2. The molecule has 1 amide bonds. The number of aromatic amines is 1. The number of amides is 1. The number of Topliss-reactive ketones (excluding diaryl/α,β-unsaturated/α-hetero) is 1. The second kappa shape index (κ2) is 10.5. The van der Waals surface area contributed by atoms with Crippen LogP contribution in [0.3, 0.4) is 0 Å². The number of aromatic nitrogens is 1. The number of likely N-dealkylation sites (tertiary alicyclic amines) is 1. The second-order valence-electron chi connectivity index (χ2n) is 9.09. The first-order valence-electron chi connectivity index (χ1n) is 12.3. The summed E-state index contributed by atoms with van der Waals surface area (Å²) in [4.78, 5) is 31.4. The summed E-state index contributed by atoms with van der Waals surface area (Å²) < 4.78 is 29.7. The molecule has 1 fully saturated rings. The molecule has 2 N–H and O–H groups in total. The molecule has 5 rings (SSSR count). The molecule has 1 aromatic heterocycles. The zero-order valence-electron chi connectivity index (χ0n) is 21.7. The number of hydrogen-bond acceptors (Lipinski definition) is 6. The summed E-state index contributed by atoms with van der Waals surface area (Å²) in [7, 11) is 4.59. The van der Waals surface area contributed by atoms with Crippen LogP contribution < -0.4 is 14.2 Å². The van der Waals surface area contributed by atoms with Gasteiger partial charge in [0.2, 0.25) is 0 Å². The van der Waals surface area contributed by atoms with Crippen LogP contribution in [0.2, 0.25) is 0 Å². The van der Waals surface area contributed by atoms with Gasteiger partial charge in [-0.15, -0.1) is 0 Å². The molecule has 0 aliphatic carbocycles. The van der Waals surface area contributed by atoms with Gasteiger partial charge in [-0.1, -0.05) is 6.07 Å². The van der Waals surface area contributed by atoms with Crippen LogP contribution in [-0.2, 0) is 16.0 Å². The van der Waals surface area contributed by atoms with Crippen LogP contribution in [0.4, 0.5) is 4.39 Å². The molecule has 200 valence electrons. The summed E-state index contributed by atoms with van der Waals surface area (Å²) in [6.07, 6.45) is 2.30. The van der Waals surface area contributed by atoms with Gasteiger partial charge in [-0.25, -0.2) is 4.39 Å². The number of nitrogens with zero attached hydrogens (tertiary/aromatic N) is 1. The quantitative estimate of drug-likeness (QED) is 0.189. The molecule has 2 heterocycles. The number of aliphatic hydroxyl groups excluding tert-OH is 1. The summed E-state index contributed by atoms with van der Waals surface area (Å²) in [5.41, 5.74) is 2.55. The van der Waals surface area contributed by atoms with E-state index in [9.17, 15) is 19.1 Å². The van der Waals surface area contributed by atoms with E-state index in [1.54, 1.807) is 25.3 Å². The van der Waals surface area contributed by atoms with E-state index >= 15 is 0 Å². The Morgan fingerprint density at radius 3 is 2.38 bits per heavy atom. The highest BCUT2D eigenvalue weighted by Gasteiger charge is 2.46. The number of methoxy groups -OCH3 is 3. The lowest BCUT2D eigenvalue weighted by atomic mass is 9.94. The van der Waals surface area contributed by atoms with E-state index < -0.39 is 23.5 Å². The SMILES string of the molecule is COc1ccc2[nH]cc(CCN3C(=O)C(=O)/C(=C(\O)c4ccc(F)cc4)C3c3ccc(OC)c(OC)c3)c2c1. The van der Waals surface area contributed by atoms with E-state index in [2.05, 4.69) is 4.98 Å². The lowest BCUT2D eigenvalue weighted by Gasteiger charge is -2.26. The summed E-state index contributed by atoms with van der Waals surface area (Å²) >= 11 is 0. The summed E-state index contributed by atoms with van der Waals surface area (Å²) in [5.74, 6) is -0.844. The Labute approximate surface area is 224 Å². The van der Waals surface area contributed by atoms with Crippen LogP contribution in [0.1, 0.15) is 22.7 Å². The first kappa shape index (κ1) is 25.8. The number of halogens is 1. The maximum absolute atomic E-state index is 13.6. The number of fused-ring (bicyclic) bond motifs is 1. The molecule has 4 aromatic rings. The lowest BCUT2D eigenvalue weighted by Crippen LogP contribution is -2.31. The third kappa shape index (κ3) is 4.67. The van der Waals surface area contributed by atoms with Crippen molar-refractivity contribution >= 4 is 28.4 Å². The number of benzene rings is 3. The molecular formula is C30H27FN2O6. The van der Waals surface area contributed by atoms with Gasteiger partial charge in [-0.3, -0.25) is 9.59 Å². The third-order valence-corrected chi connectivity index (χ3v) is 6.98. The van der Waals surface area contributed by atoms with Crippen molar-refractivity contribution < 1.29 is 33.3 Å². The zero-order chi connectivity index (χ0) is 27.7. The molecule has 8 nitrogen and oxygen atoms in total. The Balaban J connectivity index is 1.59. The van der Waals surface area contributed by atoms with Crippen molar-refractivity contribution in [1.29, 1.82) is 0 Å². The topological polar surface area (TPSA) is 101 Å². The van der Waals surface area contributed by atoms with Crippen molar-refractivity contribution in [2.75, 3.05) is 27.9 Å².